The maximum absolute atomic E-state index is 9.90. The summed E-state index contributed by atoms with van der Waals surface area (Å²) in [7, 11) is 0. The molecule has 0 spiro atoms. The van der Waals surface area contributed by atoms with Crippen molar-refractivity contribution < 1.29 is 18.7 Å². The molecular formula is C4H8O4S. The van der Waals surface area contributed by atoms with Gasteiger partial charge in [-0.05, 0) is 6.42 Å². The Labute approximate surface area is 55.2 Å². The average molecular weight is 152 g/mol. The number of carboxylic acids is 1. The van der Waals surface area contributed by atoms with Gasteiger partial charge in [-0.2, -0.15) is 0 Å². The maximum Gasteiger partial charge on any atom is 0.303 e. The second-order valence-electron chi connectivity index (χ2n) is 1.52. The molecule has 0 amide bonds. The van der Waals surface area contributed by atoms with E-state index < -0.39 is 17.0 Å². The van der Waals surface area contributed by atoms with E-state index >= 15 is 0 Å². The van der Waals surface area contributed by atoms with Gasteiger partial charge in [-0.1, -0.05) is 0 Å². The molecule has 4 nitrogen and oxygen atoms in total. The zero-order valence-corrected chi connectivity index (χ0v) is 5.56. The minimum atomic E-state index is -1.85. The molecule has 54 valence electrons. The van der Waals surface area contributed by atoms with Gasteiger partial charge in [0.1, 0.15) is 0 Å². The minimum absolute atomic E-state index is 0.0354. The van der Waals surface area contributed by atoms with E-state index in [4.69, 9.17) is 9.66 Å². The Kier molecular flexibility index (Phi) is 4.25. The van der Waals surface area contributed by atoms with Crippen molar-refractivity contribution in [3.63, 3.8) is 0 Å². The normalized spacial score (nSPS) is 13.0. The lowest BCUT2D eigenvalue weighted by molar-refractivity contribution is -0.137. The lowest BCUT2D eigenvalue weighted by atomic mass is 10.3. The van der Waals surface area contributed by atoms with Crippen LogP contribution in [0.5, 0.6) is 0 Å². The first-order valence-electron chi connectivity index (χ1n) is 2.42. The van der Waals surface area contributed by atoms with E-state index in [1.807, 2.05) is 0 Å². The SMILES string of the molecule is O=C(O)CCCS(=O)O. The quantitative estimate of drug-likeness (QED) is 0.559. The van der Waals surface area contributed by atoms with Crippen LogP contribution in [-0.2, 0) is 15.9 Å². The number of aliphatic carboxylic acids is 1. The summed E-state index contributed by atoms with van der Waals surface area (Å²) in [4.78, 5) is 9.80. The Balaban J connectivity index is 3.10. The molecule has 0 aliphatic carbocycles. The number of hydrogen-bond donors (Lipinski definition) is 2. The first kappa shape index (κ1) is 8.58. The highest BCUT2D eigenvalue weighted by Gasteiger charge is 1.97. The fraction of sp³-hybridized carbons (Fsp3) is 0.750. The van der Waals surface area contributed by atoms with E-state index in [-0.39, 0.29) is 18.6 Å². The van der Waals surface area contributed by atoms with Crippen molar-refractivity contribution in [1.29, 1.82) is 0 Å². The third kappa shape index (κ3) is 7.58. The highest BCUT2D eigenvalue weighted by Crippen LogP contribution is 1.89. The molecule has 0 aromatic carbocycles. The highest BCUT2D eigenvalue weighted by atomic mass is 32.2. The number of hydrogen-bond acceptors (Lipinski definition) is 2. The van der Waals surface area contributed by atoms with E-state index in [2.05, 4.69) is 0 Å². The van der Waals surface area contributed by atoms with Crippen LogP contribution in [-0.4, -0.2) is 25.6 Å². The Morgan fingerprint density at radius 2 is 2.11 bits per heavy atom. The van der Waals surface area contributed by atoms with Crippen LogP contribution in [0.2, 0.25) is 0 Å². The van der Waals surface area contributed by atoms with E-state index in [0.717, 1.165) is 0 Å². The molecule has 0 aromatic heterocycles. The molecule has 0 aliphatic rings. The molecule has 1 atom stereocenters. The summed E-state index contributed by atoms with van der Waals surface area (Å²) in [5.74, 6) is -0.882. The van der Waals surface area contributed by atoms with Gasteiger partial charge >= 0.3 is 5.97 Å². The van der Waals surface area contributed by atoms with Crippen molar-refractivity contribution in [2.45, 2.75) is 12.8 Å². The van der Waals surface area contributed by atoms with Crippen LogP contribution in [0.15, 0.2) is 0 Å². The predicted octanol–water partition coefficient (Wildman–Crippen LogP) is 0.0729. The molecule has 0 heterocycles. The van der Waals surface area contributed by atoms with Gasteiger partial charge in [0.25, 0.3) is 0 Å². The van der Waals surface area contributed by atoms with E-state index in [0.29, 0.717) is 0 Å². The zero-order chi connectivity index (χ0) is 7.28. The van der Waals surface area contributed by atoms with Gasteiger partial charge in [-0.3, -0.25) is 4.79 Å². The Morgan fingerprint density at radius 3 is 2.44 bits per heavy atom. The van der Waals surface area contributed by atoms with Crippen molar-refractivity contribution in [2.24, 2.45) is 0 Å². The summed E-state index contributed by atoms with van der Waals surface area (Å²) >= 11 is -1.85. The molecule has 0 saturated heterocycles. The van der Waals surface area contributed by atoms with Crippen LogP contribution in [0.4, 0.5) is 0 Å². The molecular weight excluding hydrogens is 144 g/mol. The topological polar surface area (TPSA) is 74.6 Å². The summed E-state index contributed by atoms with van der Waals surface area (Å²) in [5, 5.41) is 8.05. The van der Waals surface area contributed by atoms with Gasteiger partial charge in [0, 0.05) is 12.2 Å². The van der Waals surface area contributed by atoms with Crippen LogP contribution in [0.3, 0.4) is 0 Å². The standard InChI is InChI=1S/C4H8O4S/c5-4(6)2-1-3-9(7)8/h1-3H2,(H,5,6)(H,7,8). The second-order valence-corrected chi connectivity index (χ2v) is 2.57. The third-order valence-electron chi connectivity index (χ3n) is 0.710. The molecule has 9 heavy (non-hydrogen) atoms. The van der Waals surface area contributed by atoms with Gasteiger partial charge in [0.15, 0.2) is 11.1 Å². The number of carboxylic acid groups (broad SMARTS) is 1. The van der Waals surface area contributed by atoms with Gasteiger partial charge in [-0.15, -0.1) is 0 Å². The van der Waals surface area contributed by atoms with Crippen LogP contribution in [0.1, 0.15) is 12.8 Å². The molecule has 0 fully saturated rings. The molecule has 0 aliphatic heterocycles. The first-order valence-corrected chi connectivity index (χ1v) is 3.70. The molecule has 1 unspecified atom stereocenters. The fourth-order valence-corrected chi connectivity index (χ4v) is 0.738. The number of carbonyl (C=O) groups is 1. The lowest BCUT2D eigenvalue weighted by Crippen LogP contribution is -2.00. The lowest BCUT2D eigenvalue weighted by Gasteiger charge is -1.89. The third-order valence-corrected chi connectivity index (χ3v) is 1.35. The molecule has 0 rings (SSSR count). The average Bonchev–Trinajstić information content (AvgIpc) is 1.63. The monoisotopic (exact) mass is 152 g/mol. The molecule has 5 heteroatoms. The maximum atomic E-state index is 9.90. The summed E-state index contributed by atoms with van der Waals surface area (Å²) in [5.41, 5.74) is 0. The second kappa shape index (κ2) is 4.46. The first-order chi connectivity index (χ1) is 4.13. The Morgan fingerprint density at radius 1 is 1.56 bits per heavy atom. The van der Waals surface area contributed by atoms with Crippen molar-refractivity contribution in [2.75, 3.05) is 5.75 Å². The predicted molar refractivity (Wildman–Crippen MR) is 32.5 cm³/mol. The number of rotatable bonds is 4. The van der Waals surface area contributed by atoms with Crippen LogP contribution < -0.4 is 0 Å². The summed E-state index contributed by atoms with van der Waals surface area (Å²) in [6, 6.07) is 0. The summed E-state index contributed by atoms with van der Waals surface area (Å²) in [6.45, 7) is 0. The van der Waals surface area contributed by atoms with Crippen LogP contribution >= 0.6 is 0 Å². The van der Waals surface area contributed by atoms with E-state index in [1.54, 1.807) is 0 Å². The van der Waals surface area contributed by atoms with Gasteiger partial charge < -0.3 is 9.66 Å². The smallest absolute Gasteiger partial charge is 0.303 e. The fourth-order valence-electron chi connectivity index (χ4n) is 0.347. The van der Waals surface area contributed by atoms with Crippen LogP contribution in [0.25, 0.3) is 0 Å². The molecule has 0 saturated carbocycles. The molecule has 2 N–H and O–H groups in total. The van der Waals surface area contributed by atoms with Gasteiger partial charge in [0.05, 0.1) is 0 Å². The summed E-state index contributed by atoms with van der Waals surface area (Å²) in [6.07, 6.45) is 0.227. The highest BCUT2D eigenvalue weighted by molar-refractivity contribution is 7.79. The van der Waals surface area contributed by atoms with Crippen LogP contribution in [0, 0.1) is 0 Å². The van der Waals surface area contributed by atoms with E-state index in [9.17, 15) is 9.00 Å². The van der Waals surface area contributed by atoms with Crippen molar-refractivity contribution >= 4 is 17.0 Å². The largest absolute Gasteiger partial charge is 0.481 e. The van der Waals surface area contributed by atoms with Gasteiger partial charge in [0.2, 0.25) is 0 Å². The van der Waals surface area contributed by atoms with Crippen molar-refractivity contribution in [3.8, 4) is 0 Å². The molecule has 0 radical (unpaired) electrons. The molecule has 0 bridgehead atoms. The van der Waals surface area contributed by atoms with Crippen molar-refractivity contribution in [3.05, 3.63) is 0 Å². The van der Waals surface area contributed by atoms with E-state index in [1.165, 1.54) is 0 Å². The Bertz CT molecular complexity index is 108. The van der Waals surface area contributed by atoms with Gasteiger partial charge in [-0.25, -0.2) is 4.21 Å². The summed E-state index contributed by atoms with van der Waals surface area (Å²) < 4.78 is 18.0. The zero-order valence-electron chi connectivity index (χ0n) is 4.74. The molecule has 0 aromatic rings. The van der Waals surface area contributed by atoms with Crippen molar-refractivity contribution in [1.82, 2.24) is 0 Å². The minimum Gasteiger partial charge on any atom is -0.481 e. The Hall–Kier alpha value is -0.420.